The van der Waals surface area contributed by atoms with Gasteiger partial charge in [-0.3, -0.25) is 0 Å². The summed E-state index contributed by atoms with van der Waals surface area (Å²) in [4.78, 5) is 0. The number of halogens is 1. The van der Waals surface area contributed by atoms with Gasteiger partial charge >= 0.3 is 0 Å². The molecule has 0 saturated heterocycles. The highest BCUT2D eigenvalue weighted by molar-refractivity contribution is 6.30. The van der Waals surface area contributed by atoms with Gasteiger partial charge in [-0.25, -0.2) is 0 Å². The number of hydrogen-bond acceptors (Lipinski definition) is 2. The first-order valence-corrected chi connectivity index (χ1v) is 5.43. The van der Waals surface area contributed by atoms with Gasteiger partial charge in [-0.1, -0.05) is 11.6 Å². The summed E-state index contributed by atoms with van der Waals surface area (Å²) in [5.41, 5.74) is 1.08. The molecular weight excluding hydrogens is 198 g/mol. The minimum atomic E-state index is 0.348. The molecule has 1 aromatic carbocycles. The predicted octanol–water partition coefficient (Wildman–Crippen LogP) is 3.07. The SMILES string of the molecule is Clc1ccc2c(c1)OC1CCCC1N2. The maximum absolute atomic E-state index is 5.91. The fourth-order valence-electron chi connectivity index (χ4n) is 2.31. The lowest BCUT2D eigenvalue weighted by molar-refractivity contribution is 0.188. The molecule has 1 N–H and O–H groups in total. The molecule has 14 heavy (non-hydrogen) atoms. The van der Waals surface area contributed by atoms with E-state index in [0.29, 0.717) is 12.1 Å². The molecule has 3 rings (SSSR count). The summed E-state index contributed by atoms with van der Waals surface area (Å²) in [6, 6.07) is 6.28. The summed E-state index contributed by atoms with van der Waals surface area (Å²) in [5, 5.41) is 4.24. The third kappa shape index (κ3) is 1.25. The predicted molar refractivity (Wildman–Crippen MR) is 57.1 cm³/mol. The highest BCUT2D eigenvalue weighted by Gasteiger charge is 2.33. The van der Waals surface area contributed by atoms with E-state index in [1.165, 1.54) is 12.8 Å². The fraction of sp³-hybridized carbons (Fsp3) is 0.455. The monoisotopic (exact) mass is 209 g/mol. The van der Waals surface area contributed by atoms with E-state index in [1.54, 1.807) is 0 Å². The molecule has 0 amide bonds. The van der Waals surface area contributed by atoms with E-state index in [-0.39, 0.29) is 0 Å². The molecule has 74 valence electrons. The molecule has 1 fully saturated rings. The van der Waals surface area contributed by atoms with Crippen molar-refractivity contribution in [2.75, 3.05) is 5.32 Å². The number of fused-ring (bicyclic) bond motifs is 2. The number of anilines is 1. The Kier molecular flexibility index (Phi) is 1.84. The second-order valence-corrected chi connectivity index (χ2v) is 4.41. The zero-order valence-corrected chi connectivity index (χ0v) is 8.55. The Morgan fingerprint density at radius 1 is 1.36 bits per heavy atom. The molecule has 1 saturated carbocycles. The fourth-order valence-corrected chi connectivity index (χ4v) is 2.47. The van der Waals surface area contributed by atoms with E-state index >= 15 is 0 Å². The van der Waals surface area contributed by atoms with Crippen molar-refractivity contribution in [2.24, 2.45) is 0 Å². The van der Waals surface area contributed by atoms with Gasteiger partial charge in [0.05, 0.1) is 11.7 Å². The minimum absolute atomic E-state index is 0.348. The summed E-state index contributed by atoms with van der Waals surface area (Å²) in [7, 11) is 0. The first-order chi connectivity index (χ1) is 6.83. The number of hydrogen-bond donors (Lipinski definition) is 1. The van der Waals surface area contributed by atoms with Gasteiger partial charge in [0.25, 0.3) is 0 Å². The Hall–Kier alpha value is -0.890. The van der Waals surface area contributed by atoms with Crippen LogP contribution in [0.5, 0.6) is 5.75 Å². The van der Waals surface area contributed by atoms with E-state index in [2.05, 4.69) is 5.32 Å². The summed E-state index contributed by atoms with van der Waals surface area (Å²) in [6.07, 6.45) is 3.97. The Balaban J connectivity index is 1.97. The van der Waals surface area contributed by atoms with E-state index in [0.717, 1.165) is 22.9 Å². The Morgan fingerprint density at radius 3 is 3.21 bits per heavy atom. The molecule has 1 aliphatic heterocycles. The van der Waals surface area contributed by atoms with Gasteiger partial charge in [-0.05, 0) is 31.4 Å². The zero-order chi connectivity index (χ0) is 9.54. The van der Waals surface area contributed by atoms with Crippen molar-refractivity contribution in [1.29, 1.82) is 0 Å². The first-order valence-electron chi connectivity index (χ1n) is 5.06. The molecule has 1 aromatic rings. The number of nitrogens with one attached hydrogen (secondary N) is 1. The molecule has 0 radical (unpaired) electrons. The largest absolute Gasteiger partial charge is 0.486 e. The molecule has 2 atom stereocenters. The lowest BCUT2D eigenvalue weighted by atomic mass is 10.1. The van der Waals surface area contributed by atoms with Crippen LogP contribution in [-0.2, 0) is 0 Å². The second kappa shape index (κ2) is 3.06. The van der Waals surface area contributed by atoms with Crippen molar-refractivity contribution in [1.82, 2.24) is 0 Å². The summed E-state index contributed by atoms with van der Waals surface area (Å²) in [5.74, 6) is 0.903. The highest BCUT2D eigenvalue weighted by atomic mass is 35.5. The molecule has 3 heteroatoms. The first kappa shape index (κ1) is 8.42. The average molecular weight is 210 g/mol. The van der Waals surface area contributed by atoms with Crippen LogP contribution >= 0.6 is 11.6 Å². The summed E-state index contributed by atoms with van der Waals surface area (Å²) < 4.78 is 5.89. The van der Waals surface area contributed by atoms with Gasteiger partial charge in [0.2, 0.25) is 0 Å². The lowest BCUT2D eigenvalue weighted by Gasteiger charge is -2.30. The van der Waals surface area contributed by atoms with Crippen LogP contribution < -0.4 is 10.1 Å². The van der Waals surface area contributed by atoms with Crippen LogP contribution in [0.1, 0.15) is 19.3 Å². The van der Waals surface area contributed by atoms with Crippen LogP contribution in [0.4, 0.5) is 5.69 Å². The van der Waals surface area contributed by atoms with Crippen LogP contribution in [0, 0.1) is 0 Å². The van der Waals surface area contributed by atoms with Crippen molar-refractivity contribution in [3.8, 4) is 5.75 Å². The van der Waals surface area contributed by atoms with Gasteiger partial charge in [-0.15, -0.1) is 0 Å². The van der Waals surface area contributed by atoms with Crippen LogP contribution in [-0.4, -0.2) is 12.1 Å². The lowest BCUT2D eigenvalue weighted by Crippen LogP contribution is -2.36. The highest BCUT2D eigenvalue weighted by Crippen LogP contribution is 2.38. The summed E-state index contributed by atoms with van der Waals surface area (Å²) in [6.45, 7) is 0. The van der Waals surface area contributed by atoms with Gasteiger partial charge in [-0.2, -0.15) is 0 Å². The number of rotatable bonds is 0. The molecule has 2 nitrogen and oxygen atoms in total. The third-order valence-electron chi connectivity index (χ3n) is 3.02. The van der Waals surface area contributed by atoms with E-state index < -0.39 is 0 Å². The Bertz CT molecular complexity index is 366. The van der Waals surface area contributed by atoms with Gasteiger partial charge in [0.1, 0.15) is 11.9 Å². The molecular formula is C11H12ClNO. The van der Waals surface area contributed by atoms with Crippen molar-refractivity contribution in [3.05, 3.63) is 23.2 Å². The molecule has 0 aromatic heterocycles. The second-order valence-electron chi connectivity index (χ2n) is 3.98. The maximum atomic E-state index is 5.91. The van der Waals surface area contributed by atoms with Crippen LogP contribution in [0.2, 0.25) is 5.02 Å². The molecule has 2 aliphatic rings. The van der Waals surface area contributed by atoms with E-state index in [4.69, 9.17) is 16.3 Å². The van der Waals surface area contributed by atoms with E-state index in [1.807, 2.05) is 18.2 Å². The molecule has 0 spiro atoms. The minimum Gasteiger partial charge on any atom is -0.486 e. The van der Waals surface area contributed by atoms with Crippen molar-refractivity contribution in [3.63, 3.8) is 0 Å². The van der Waals surface area contributed by atoms with Gasteiger partial charge in [0.15, 0.2) is 0 Å². The Labute approximate surface area is 88.2 Å². The van der Waals surface area contributed by atoms with Crippen LogP contribution in [0.25, 0.3) is 0 Å². The van der Waals surface area contributed by atoms with Crippen LogP contribution in [0.3, 0.4) is 0 Å². The Morgan fingerprint density at radius 2 is 2.29 bits per heavy atom. The van der Waals surface area contributed by atoms with Crippen molar-refractivity contribution >= 4 is 17.3 Å². The maximum Gasteiger partial charge on any atom is 0.144 e. The third-order valence-corrected chi connectivity index (χ3v) is 3.25. The zero-order valence-electron chi connectivity index (χ0n) is 7.79. The summed E-state index contributed by atoms with van der Waals surface area (Å²) >= 11 is 5.91. The van der Waals surface area contributed by atoms with E-state index in [9.17, 15) is 0 Å². The van der Waals surface area contributed by atoms with Crippen LogP contribution in [0.15, 0.2) is 18.2 Å². The number of ether oxygens (including phenoxy) is 1. The molecule has 1 heterocycles. The average Bonchev–Trinajstić information content (AvgIpc) is 2.61. The topological polar surface area (TPSA) is 21.3 Å². The molecule has 2 unspecified atom stereocenters. The normalized spacial score (nSPS) is 28.6. The van der Waals surface area contributed by atoms with Gasteiger partial charge in [0, 0.05) is 11.1 Å². The van der Waals surface area contributed by atoms with Crippen molar-refractivity contribution in [2.45, 2.75) is 31.4 Å². The molecule has 1 aliphatic carbocycles. The van der Waals surface area contributed by atoms with Crippen molar-refractivity contribution < 1.29 is 4.74 Å². The quantitative estimate of drug-likeness (QED) is 0.709. The smallest absolute Gasteiger partial charge is 0.144 e. The van der Waals surface area contributed by atoms with Gasteiger partial charge < -0.3 is 10.1 Å². The molecule has 0 bridgehead atoms. The number of benzene rings is 1. The standard InChI is InChI=1S/C11H12ClNO/c12-7-4-5-9-11(6-7)14-10-3-1-2-8(10)13-9/h4-6,8,10,13H,1-3H2.